The van der Waals surface area contributed by atoms with Crippen LogP contribution in [-0.4, -0.2) is 23.2 Å². The molecule has 6 rings (SSSR count). The van der Waals surface area contributed by atoms with E-state index in [0.717, 1.165) is 22.4 Å². The van der Waals surface area contributed by atoms with Crippen molar-refractivity contribution in [3.05, 3.63) is 121 Å². The van der Waals surface area contributed by atoms with Crippen LogP contribution in [0.15, 0.2) is 99.9 Å². The molecule has 2 aliphatic rings. The van der Waals surface area contributed by atoms with Crippen LogP contribution in [0, 0.1) is 0 Å². The van der Waals surface area contributed by atoms with Gasteiger partial charge >= 0.3 is 0 Å². The molecule has 1 amide bonds. The quantitative estimate of drug-likeness (QED) is 0.471. The van der Waals surface area contributed by atoms with E-state index in [4.69, 9.17) is 0 Å². The minimum atomic E-state index is -0.441. The summed E-state index contributed by atoms with van der Waals surface area (Å²) in [6.07, 6.45) is 0. The first kappa shape index (κ1) is 19.6. The number of hydrogen-bond donors (Lipinski definition) is 0. The fourth-order valence-electron chi connectivity index (χ4n) is 4.46. The van der Waals surface area contributed by atoms with Crippen LogP contribution in [0.5, 0.6) is 0 Å². The predicted molar refractivity (Wildman–Crippen MR) is 129 cm³/mol. The topological polar surface area (TPSA) is 67.0 Å². The number of carbonyl (C=O) groups excluding carboxylic acids is 1. The van der Waals surface area contributed by atoms with Gasteiger partial charge < -0.3 is 4.90 Å². The fraction of sp³-hybridized carbons (Fsp3) is 0.0769. The Balaban J connectivity index is 1.65. The van der Waals surface area contributed by atoms with Gasteiger partial charge in [0.05, 0.1) is 17.0 Å². The molecule has 1 atom stereocenters. The lowest BCUT2D eigenvalue weighted by atomic mass is 9.96. The highest BCUT2D eigenvalue weighted by molar-refractivity contribution is 7.07. The molecule has 0 aliphatic carbocycles. The summed E-state index contributed by atoms with van der Waals surface area (Å²) in [7, 11) is 1.73. The monoisotopic (exact) mass is 450 g/mol. The molecule has 6 nitrogen and oxygen atoms in total. The van der Waals surface area contributed by atoms with E-state index in [1.807, 2.05) is 84.9 Å². The number of carbonyl (C=O) groups is 1. The van der Waals surface area contributed by atoms with E-state index in [1.54, 1.807) is 16.5 Å². The number of nitrogens with zero attached hydrogens (tertiary/aromatic N) is 4. The maximum absolute atomic E-state index is 13.9. The van der Waals surface area contributed by atoms with Gasteiger partial charge in [-0.1, -0.05) is 90.2 Å². The SMILES string of the molecule is CN1C(=O)/C(=c2\sc3n(c2=O)C(c2ccccc2)C(c2ccccc2)=NN=3)c2ccccc21. The summed E-state index contributed by atoms with van der Waals surface area (Å²) in [6.45, 7) is 0. The van der Waals surface area contributed by atoms with E-state index >= 15 is 0 Å². The fourth-order valence-corrected chi connectivity index (χ4v) is 5.50. The number of thiazole rings is 1. The number of fused-ring (bicyclic) bond motifs is 2. The number of aromatic nitrogens is 1. The molecule has 0 N–H and O–H groups in total. The van der Waals surface area contributed by atoms with Gasteiger partial charge in [0.1, 0.15) is 10.6 Å². The van der Waals surface area contributed by atoms with Crippen molar-refractivity contribution in [1.29, 1.82) is 0 Å². The molecule has 33 heavy (non-hydrogen) atoms. The van der Waals surface area contributed by atoms with E-state index in [1.165, 1.54) is 11.3 Å². The van der Waals surface area contributed by atoms with Gasteiger partial charge in [-0.25, -0.2) is 0 Å². The van der Waals surface area contributed by atoms with Crippen molar-refractivity contribution in [1.82, 2.24) is 4.57 Å². The van der Waals surface area contributed by atoms with E-state index in [9.17, 15) is 9.59 Å². The van der Waals surface area contributed by atoms with Crippen molar-refractivity contribution < 1.29 is 4.79 Å². The molecule has 3 heterocycles. The molecule has 2 aliphatic heterocycles. The standard InChI is InChI=1S/C26H18N4O2S/c1-29-19-15-9-8-14-18(19)20(24(29)31)23-25(32)30-22(17-12-6-3-7-13-17)21(27-28-26(30)33-23)16-10-4-2-5-11-16/h2-15,22H,1H3/b23-20-. The lowest BCUT2D eigenvalue weighted by Crippen LogP contribution is -2.41. The average Bonchev–Trinajstić information content (AvgIpc) is 3.33. The van der Waals surface area contributed by atoms with E-state index in [2.05, 4.69) is 10.2 Å². The molecular formula is C26H18N4O2S. The molecule has 3 aromatic carbocycles. The second kappa shape index (κ2) is 7.50. The van der Waals surface area contributed by atoms with Gasteiger partial charge in [-0.2, -0.15) is 0 Å². The lowest BCUT2D eigenvalue weighted by molar-refractivity contribution is -0.112. The zero-order chi connectivity index (χ0) is 22.5. The highest BCUT2D eigenvalue weighted by atomic mass is 32.1. The van der Waals surface area contributed by atoms with Gasteiger partial charge in [0.25, 0.3) is 11.5 Å². The molecule has 0 bridgehead atoms. The molecule has 1 unspecified atom stereocenters. The smallest absolute Gasteiger partial charge is 0.272 e. The minimum absolute atomic E-state index is 0.187. The first-order valence-electron chi connectivity index (χ1n) is 10.5. The molecule has 1 aromatic heterocycles. The van der Waals surface area contributed by atoms with Gasteiger partial charge in [0, 0.05) is 18.2 Å². The summed E-state index contributed by atoms with van der Waals surface area (Å²) in [5.74, 6) is -0.187. The van der Waals surface area contributed by atoms with E-state index in [0.29, 0.717) is 20.6 Å². The van der Waals surface area contributed by atoms with Gasteiger partial charge in [0.2, 0.25) is 4.80 Å². The Morgan fingerprint density at radius 1 is 0.818 bits per heavy atom. The van der Waals surface area contributed by atoms with Crippen molar-refractivity contribution in [2.45, 2.75) is 6.04 Å². The number of anilines is 1. The van der Waals surface area contributed by atoms with Crippen LogP contribution >= 0.6 is 11.3 Å². The van der Waals surface area contributed by atoms with Gasteiger partial charge in [-0.15, -0.1) is 10.2 Å². The molecule has 0 radical (unpaired) electrons. The molecule has 0 fully saturated rings. The van der Waals surface area contributed by atoms with Gasteiger partial charge in [0.15, 0.2) is 0 Å². The van der Waals surface area contributed by atoms with Gasteiger partial charge in [-0.3, -0.25) is 14.2 Å². The number of benzene rings is 3. The highest BCUT2D eigenvalue weighted by Crippen LogP contribution is 2.33. The van der Waals surface area contributed by atoms with Crippen LogP contribution in [0.25, 0.3) is 5.57 Å². The van der Waals surface area contributed by atoms with Gasteiger partial charge in [-0.05, 0) is 11.6 Å². The molecule has 0 saturated carbocycles. The number of rotatable bonds is 2. The van der Waals surface area contributed by atoms with E-state index < -0.39 is 6.04 Å². The van der Waals surface area contributed by atoms with Crippen molar-refractivity contribution in [2.75, 3.05) is 11.9 Å². The number of amides is 1. The third kappa shape index (κ3) is 2.93. The largest absolute Gasteiger partial charge is 0.311 e. The number of hydrogen-bond acceptors (Lipinski definition) is 5. The molecule has 7 heteroatoms. The second-order valence-corrected chi connectivity index (χ2v) is 8.89. The number of para-hydroxylation sites is 1. The first-order chi connectivity index (χ1) is 16.1. The Bertz CT molecular complexity index is 1620. The third-order valence-corrected chi connectivity index (χ3v) is 7.08. The van der Waals surface area contributed by atoms with Crippen LogP contribution in [-0.2, 0) is 4.79 Å². The maximum atomic E-state index is 13.9. The Labute approximate surface area is 193 Å². The summed E-state index contributed by atoms with van der Waals surface area (Å²) in [5.41, 5.74) is 4.28. The summed E-state index contributed by atoms with van der Waals surface area (Å²) < 4.78 is 2.06. The Morgan fingerprint density at radius 3 is 2.24 bits per heavy atom. The van der Waals surface area contributed by atoms with Crippen molar-refractivity contribution in [2.24, 2.45) is 10.2 Å². The summed E-state index contributed by atoms with van der Waals surface area (Å²) in [6, 6.07) is 26.7. The van der Waals surface area contributed by atoms with Crippen molar-refractivity contribution in [3.8, 4) is 0 Å². The Morgan fingerprint density at radius 2 is 1.48 bits per heavy atom. The lowest BCUT2D eigenvalue weighted by Gasteiger charge is -2.22. The summed E-state index contributed by atoms with van der Waals surface area (Å²) >= 11 is 1.22. The minimum Gasteiger partial charge on any atom is -0.311 e. The summed E-state index contributed by atoms with van der Waals surface area (Å²) in [4.78, 5) is 29.1. The zero-order valence-electron chi connectivity index (χ0n) is 17.7. The molecular weight excluding hydrogens is 432 g/mol. The molecule has 0 saturated heterocycles. The third-order valence-electron chi connectivity index (χ3n) is 6.04. The molecule has 4 aromatic rings. The highest BCUT2D eigenvalue weighted by Gasteiger charge is 2.34. The normalized spacial score (nSPS) is 18.5. The van der Waals surface area contributed by atoms with Crippen LogP contribution in [0.3, 0.4) is 0 Å². The second-order valence-electron chi connectivity index (χ2n) is 7.91. The van der Waals surface area contributed by atoms with E-state index in [-0.39, 0.29) is 11.5 Å². The Hall–Kier alpha value is -4.10. The van der Waals surface area contributed by atoms with Crippen LogP contribution < -0.4 is 19.8 Å². The molecule has 0 spiro atoms. The van der Waals surface area contributed by atoms with Crippen molar-refractivity contribution >= 4 is 34.2 Å². The van der Waals surface area contributed by atoms with Crippen LogP contribution in [0.1, 0.15) is 22.7 Å². The average molecular weight is 451 g/mol. The van der Waals surface area contributed by atoms with Crippen LogP contribution in [0.4, 0.5) is 5.69 Å². The zero-order valence-corrected chi connectivity index (χ0v) is 18.5. The van der Waals surface area contributed by atoms with Crippen LogP contribution in [0.2, 0.25) is 0 Å². The summed E-state index contributed by atoms with van der Waals surface area (Å²) in [5, 5.41) is 8.96. The predicted octanol–water partition coefficient (Wildman–Crippen LogP) is 2.71. The molecule has 160 valence electrons. The first-order valence-corrected chi connectivity index (χ1v) is 11.4. The Kier molecular flexibility index (Phi) is 4.45. The number of likely N-dealkylation sites (N-methyl/N-ethyl adjacent to an activating group) is 1. The van der Waals surface area contributed by atoms with Crippen molar-refractivity contribution in [3.63, 3.8) is 0 Å². The maximum Gasteiger partial charge on any atom is 0.272 e.